The molecule has 0 aromatic rings. The lowest BCUT2D eigenvalue weighted by Gasteiger charge is -2.40. The standard InChI is InChI=1S/C15H27N3O3/c1-12(2)8-13(19)17-4-6-18(7-5-17)14(20)9-21-15(3)10-16-11-15/h12,16H,4-11H2,1-3H3. The van der Waals surface area contributed by atoms with Crippen molar-refractivity contribution in [2.75, 3.05) is 45.9 Å². The zero-order valence-corrected chi connectivity index (χ0v) is 13.4. The van der Waals surface area contributed by atoms with Crippen LogP contribution in [0.3, 0.4) is 0 Å². The molecule has 2 rings (SSSR count). The molecule has 2 aliphatic rings. The Balaban J connectivity index is 1.70. The van der Waals surface area contributed by atoms with E-state index in [-0.39, 0.29) is 24.0 Å². The highest BCUT2D eigenvalue weighted by Crippen LogP contribution is 2.15. The van der Waals surface area contributed by atoms with E-state index in [4.69, 9.17) is 4.74 Å². The van der Waals surface area contributed by atoms with Crippen LogP contribution < -0.4 is 5.32 Å². The molecule has 2 saturated heterocycles. The lowest BCUT2D eigenvalue weighted by Crippen LogP contribution is -2.60. The predicted octanol–water partition coefficient (Wildman–Crippen LogP) is 0.0818. The second kappa shape index (κ2) is 6.75. The van der Waals surface area contributed by atoms with Gasteiger partial charge < -0.3 is 19.9 Å². The molecule has 0 atom stereocenters. The molecule has 0 aromatic carbocycles. The highest BCUT2D eigenvalue weighted by Gasteiger charge is 2.34. The van der Waals surface area contributed by atoms with E-state index in [1.54, 1.807) is 4.90 Å². The van der Waals surface area contributed by atoms with Crippen LogP contribution in [0.4, 0.5) is 0 Å². The van der Waals surface area contributed by atoms with E-state index < -0.39 is 0 Å². The maximum absolute atomic E-state index is 12.1. The number of hydrogen-bond donors (Lipinski definition) is 1. The van der Waals surface area contributed by atoms with Gasteiger partial charge in [0.25, 0.3) is 0 Å². The van der Waals surface area contributed by atoms with E-state index in [9.17, 15) is 9.59 Å². The smallest absolute Gasteiger partial charge is 0.248 e. The molecule has 0 saturated carbocycles. The Hall–Kier alpha value is -1.14. The van der Waals surface area contributed by atoms with Gasteiger partial charge in [-0.05, 0) is 12.8 Å². The summed E-state index contributed by atoms with van der Waals surface area (Å²) in [6, 6.07) is 0. The number of carbonyl (C=O) groups excluding carboxylic acids is 2. The lowest BCUT2D eigenvalue weighted by molar-refractivity contribution is -0.149. The molecule has 21 heavy (non-hydrogen) atoms. The molecule has 6 heteroatoms. The molecular weight excluding hydrogens is 270 g/mol. The van der Waals surface area contributed by atoms with E-state index in [0.717, 1.165) is 13.1 Å². The Morgan fingerprint density at radius 3 is 2.05 bits per heavy atom. The first kappa shape index (κ1) is 16.2. The van der Waals surface area contributed by atoms with Crippen LogP contribution in [0.1, 0.15) is 27.2 Å². The average Bonchev–Trinajstić information content (AvgIpc) is 2.42. The van der Waals surface area contributed by atoms with Crippen LogP contribution in [-0.4, -0.2) is 73.1 Å². The quantitative estimate of drug-likeness (QED) is 0.781. The molecule has 0 spiro atoms. The van der Waals surface area contributed by atoms with Crippen LogP contribution in [0.2, 0.25) is 0 Å². The third-order valence-corrected chi connectivity index (χ3v) is 4.11. The van der Waals surface area contributed by atoms with Crippen molar-refractivity contribution in [2.24, 2.45) is 5.92 Å². The lowest BCUT2D eigenvalue weighted by atomic mass is 10.0. The molecule has 6 nitrogen and oxygen atoms in total. The molecule has 120 valence electrons. The van der Waals surface area contributed by atoms with Crippen molar-refractivity contribution in [1.29, 1.82) is 0 Å². The van der Waals surface area contributed by atoms with Gasteiger partial charge in [0, 0.05) is 45.7 Å². The summed E-state index contributed by atoms with van der Waals surface area (Å²) in [7, 11) is 0. The van der Waals surface area contributed by atoms with Crippen molar-refractivity contribution in [1.82, 2.24) is 15.1 Å². The largest absolute Gasteiger partial charge is 0.363 e. The van der Waals surface area contributed by atoms with E-state index >= 15 is 0 Å². The van der Waals surface area contributed by atoms with Crippen LogP contribution in [0.15, 0.2) is 0 Å². The molecule has 0 radical (unpaired) electrons. The summed E-state index contributed by atoms with van der Waals surface area (Å²) >= 11 is 0. The van der Waals surface area contributed by atoms with Gasteiger partial charge in [-0.3, -0.25) is 9.59 Å². The molecule has 0 aliphatic carbocycles. The van der Waals surface area contributed by atoms with Gasteiger partial charge in [-0.2, -0.15) is 0 Å². The van der Waals surface area contributed by atoms with Gasteiger partial charge >= 0.3 is 0 Å². The highest BCUT2D eigenvalue weighted by atomic mass is 16.5. The summed E-state index contributed by atoms with van der Waals surface area (Å²) in [5.41, 5.74) is -0.190. The molecule has 0 aromatic heterocycles. The van der Waals surface area contributed by atoms with Gasteiger partial charge in [0.05, 0.1) is 5.60 Å². The van der Waals surface area contributed by atoms with Crippen molar-refractivity contribution >= 4 is 11.8 Å². The minimum Gasteiger partial charge on any atom is -0.363 e. The predicted molar refractivity (Wildman–Crippen MR) is 79.8 cm³/mol. The summed E-state index contributed by atoms with van der Waals surface area (Å²) < 4.78 is 5.67. The third kappa shape index (κ3) is 4.41. The normalized spacial score (nSPS) is 21.3. The average molecular weight is 297 g/mol. The van der Waals surface area contributed by atoms with Gasteiger partial charge in [0.15, 0.2) is 0 Å². The van der Waals surface area contributed by atoms with E-state index in [2.05, 4.69) is 5.32 Å². The molecule has 0 unspecified atom stereocenters. The first-order chi connectivity index (χ1) is 9.89. The molecular formula is C15H27N3O3. The Morgan fingerprint density at radius 1 is 1.10 bits per heavy atom. The van der Waals surface area contributed by atoms with Gasteiger partial charge in [0.2, 0.25) is 11.8 Å². The molecule has 2 aliphatic heterocycles. The number of ether oxygens (including phenoxy) is 1. The van der Waals surface area contributed by atoms with Crippen LogP contribution >= 0.6 is 0 Å². The second-order valence-corrected chi connectivity index (χ2v) is 6.70. The molecule has 1 N–H and O–H groups in total. The summed E-state index contributed by atoms with van der Waals surface area (Å²) in [4.78, 5) is 27.8. The van der Waals surface area contributed by atoms with E-state index in [1.165, 1.54) is 0 Å². The fraction of sp³-hybridized carbons (Fsp3) is 0.867. The number of carbonyl (C=O) groups is 2. The monoisotopic (exact) mass is 297 g/mol. The molecule has 0 bridgehead atoms. The topological polar surface area (TPSA) is 61.9 Å². The minimum atomic E-state index is -0.190. The minimum absolute atomic E-state index is 0.0269. The molecule has 2 fully saturated rings. The number of hydrogen-bond acceptors (Lipinski definition) is 4. The summed E-state index contributed by atoms with van der Waals surface area (Å²) in [5.74, 6) is 0.600. The Labute approximate surface area is 126 Å². The third-order valence-electron chi connectivity index (χ3n) is 4.11. The first-order valence-corrected chi connectivity index (χ1v) is 7.80. The Morgan fingerprint density at radius 2 is 1.62 bits per heavy atom. The zero-order chi connectivity index (χ0) is 15.5. The summed E-state index contributed by atoms with van der Waals surface area (Å²) in [6.45, 7) is 10.3. The van der Waals surface area contributed by atoms with Gasteiger partial charge in [0.1, 0.15) is 6.61 Å². The molecule has 2 heterocycles. The van der Waals surface area contributed by atoms with Crippen molar-refractivity contribution in [2.45, 2.75) is 32.8 Å². The number of piperazine rings is 1. The van der Waals surface area contributed by atoms with Crippen molar-refractivity contribution in [3.63, 3.8) is 0 Å². The highest BCUT2D eigenvalue weighted by molar-refractivity contribution is 5.79. The summed E-state index contributed by atoms with van der Waals surface area (Å²) in [6.07, 6.45) is 0.586. The maximum Gasteiger partial charge on any atom is 0.248 e. The fourth-order valence-corrected chi connectivity index (χ4v) is 2.59. The number of nitrogens with one attached hydrogen (secondary N) is 1. The number of amides is 2. The number of nitrogens with zero attached hydrogens (tertiary/aromatic N) is 2. The van der Waals surface area contributed by atoms with Gasteiger partial charge in [-0.1, -0.05) is 13.8 Å². The first-order valence-electron chi connectivity index (χ1n) is 7.80. The number of rotatable bonds is 5. The van der Waals surface area contributed by atoms with E-state index in [0.29, 0.717) is 38.5 Å². The SMILES string of the molecule is CC(C)CC(=O)N1CCN(C(=O)COC2(C)CNC2)CC1. The van der Waals surface area contributed by atoms with Gasteiger partial charge in [-0.15, -0.1) is 0 Å². The maximum atomic E-state index is 12.1. The zero-order valence-electron chi connectivity index (χ0n) is 13.4. The van der Waals surface area contributed by atoms with Crippen LogP contribution in [0.25, 0.3) is 0 Å². The summed E-state index contributed by atoms with van der Waals surface area (Å²) in [5, 5.41) is 3.14. The van der Waals surface area contributed by atoms with Crippen LogP contribution in [-0.2, 0) is 14.3 Å². The molecule has 2 amide bonds. The van der Waals surface area contributed by atoms with Crippen molar-refractivity contribution in [3.05, 3.63) is 0 Å². The van der Waals surface area contributed by atoms with Crippen molar-refractivity contribution in [3.8, 4) is 0 Å². The van der Waals surface area contributed by atoms with Crippen molar-refractivity contribution < 1.29 is 14.3 Å². The van der Waals surface area contributed by atoms with Crippen LogP contribution in [0.5, 0.6) is 0 Å². The van der Waals surface area contributed by atoms with E-state index in [1.807, 2.05) is 25.7 Å². The van der Waals surface area contributed by atoms with Gasteiger partial charge in [-0.25, -0.2) is 0 Å². The fourth-order valence-electron chi connectivity index (χ4n) is 2.59. The Kier molecular flexibility index (Phi) is 5.22. The Bertz CT molecular complexity index is 386. The van der Waals surface area contributed by atoms with Crippen LogP contribution in [0, 0.1) is 5.92 Å². The second-order valence-electron chi connectivity index (χ2n) is 6.70.